The number of rotatable bonds is 34. The third-order valence-corrected chi connectivity index (χ3v) is 21.4. The van der Waals surface area contributed by atoms with Crippen LogP contribution in [0, 0.1) is 17.8 Å². The number of benzene rings is 5. The Morgan fingerprint density at radius 1 is 0.328 bits per heavy atom. The molecule has 137 heavy (non-hydrogen) atoms. The number of halogens is 15. The fraction of sp³-hybridized carbons (Fsp3) is 0.481. The summed E-state index contributed by atoms with van der Waals surface area (Å²) >= 11 is 0. The van der Waals surface area contributed by atoms with Crippen molar-refractivity contribution < 1.29 is 226 Å². The van der Waals surface area contributed by atoms with Crippen molar-refractivity contribution in [2.45, 2.75) is 185 Å². The Morgan fingerprint density at radius 2 is 0.526 bits per heavy atom. The summed E-state index contributed by atoms with van der Waals surface area (Å²) in [6.45, 7) is 5.43. The summed E-state index contributed by atoms with van der Waals surface area (Å²) in [5.74, 6) is -24.9. The monoisotopic (exact) mass is 2060 g/mol. The molecular formula is C77H75B5F15O35S5-5. The molecule has 35 nitrogen and oxygen atoms in total. The first-order valence-corrected chi connectivity index (χ1v) is 46.9. The Kier molecular flexibility index (Phi) is 45.9. The maximum Gasteiger partial charge on any atom is 0.426 e. The minimum absolute atomic E-state index is 0.00289. The Balaban J connectivity index is 0.000000441. The van der Waals surface area contributed by atoms with Gasteiger partial charge in [0.25, 0.3) is 0 Å². The highest BCUT2D eigenvalue weighted by atomic mass is 32.2. The first-order valence-electron chi connectivity index (χ1n) is 39.0. The fourth-order valence-electron chi connectivity index (χ4n) is 11.1. The Morgan fingerprint density at radius 3 is 0.708 bits per heavy atom. The second-order valence-electron chi connectivity index (χ2n) is 29.1. The van der Waals surface area contributed by atoms with Gasteiger partial charge in [0.2, 0.25) is 30.5 Å². The van der Waals surface area contributed by atoms with Gasteiger partial charge in [-0.25, -0.2) is 66.1 Å². The highest BCUT2D eigenvalue weighted by Crippen LogP contribution is 2.37. The minimum atomic E-state index is -5.34. The predicted molar refractivity (Wildman–Crippen MR) is 436 cm³/mol. The van der Waals surface area contributed by atoms with E-state index in [-0.39, 0.29) is 49.5 Å². The van der Waals surface area contributed by atoms with Gasteiger partial charge in [-0.05, 0) is 86.3 Å². The molecular weight excluding hydrogens is 1980 g/mol. The molecule has 10 radical (unpaired) electrons. The third-order valence-electron chi connectivity index (χ3n) is 17.9. The normalized spacial score (nSPS) is 14.6. The van der Waals surface area contributed by atoms with E-state index in [2.05, 4.69) is 23.7 Å². The smallest absolute Gasteiger partial charge is 0.426 e. The van der Waals surface area contributed by atoms with Gasteiger partial charge < -0.3 is 70.1 Å². The van der Waals surface area contributed by atoms with E-state index in [1.807, 2.05) is 0 Å². The quantitative estimate of drug-likeness (QED) is 0.00932. The molecule has 0 bridgehead atoms. The summed E-state index contributed by atoms with van der Waals surface area (Å²) in [5.41, 5.74) is -0.618. The van der Waals surface area contributed by atoms with E-state index in [0.29, 0.717) is 53.5 Å². The molecule has 0 saturated heterocycles. The van der Waals surface area contributed by atoms with E-state index in [1.54, 1.807) is 0 Å². The minimum Gasteiger partial charge on any atom is -0.748 e. The van der Waals surface area contributed by atoms with E-state index in [0.717, 1.165) is 81.5 Å². The largest absolute Gasteiger partial charge is 0.748 e. The maximum absolute atomic E-state index is 13.0. The number of alkyl halides is 15. The molecule has 748 valence electrons. The van der Waals surface area contributed by atoms with Gasteiger partial charge in [0, 0.05) is 13.3 Å². The molecule has 0 amide bonds. The average Bonchev–Trinajstić information content (AvgIpc) is 1.49. The Labute approximate surface area is 778 Å². The highest BCUT2D eigenvalue weighted by Gasteiger charge is 2.50. The van der Waals surface area contributed by atoms with Crippen LogP contribution < -0.4 is 23.7 Å². The lowest BCUT2D eigenvalue weighted by Gasteiger charge is -2.23. The van der Waals surface area contributed by atoms with Crippen LogP contribution in [0.1, 0.15) is 172 Å². The highest BCUT2D eigenvalue weighted by molar-refractivity contribution is 7.86. The van der Waals surface area contributed by atoms with Gasteiger partial charge in [0.15, 0.2) is 0 Å². The molecule has 0 aliphatic heterocycles. The molecule has 0 spiro atoms. The zero-order valence-corrected chi connectivity index (χ0v) is 75.4. The fourth-order valence-corrected chi connectivity index (χ4v) is 14.2. The number of hydrogen-bond acceptors (Lipinski definition) is 35. The van der Waals surface area contributed by atoms with E-state index in [4.69, 9.17) is 62.9 Å². The van der Waals surface area contributed by atoms with Crippen LogP contribution in [0.4, 0.5) is 65.9 Å². The second kappa shape index (κ2) is 52.0. The molecule has 7 rings (SSSR count). The van der Waals surface area contributed by atoms with E-state index < -0.39 is 263 Å². The molecule has 0 N–H and O–H groups in total. The van der Waals surface area contributed by atoms with Crippen LogP contribution in [0.15, 0.2) is 91.0 Å². The summed E-state index contributed by atoms with van der Waals surface area (Å²) in [6.07, 6.45) is -35.7. The average molecular weight is 2060 g/mol. The van der Waals surface area contributed by atoms with Crippen LogP contribution in [0.3, 0.4) is 0 Å². The molecule has 5 aromatic rings. The van der Waals surface area contributed by atoms with Gasteiger partial charge in [0.1, 0.15) is 56.6 Å². The predicted octanol–water partition coefficient (Wildman–Crippen LogP) is 8.32. The second-order valence-corrected chi connectivity index (χ2v) is 36.4. The summed E-state index contributed by atoms with van der Waals surface area (Å²) in [5, 5.41) is 0. The lowest BCUT2D eigenvalue weighted by molar-refractivity contribution is -0.197. The van der Waals surface area contributed by atoms with Gasteiger partial charge in [-0.15, -0.1) is 0 Å². The Bertz CT molecular complexity index is 5680. The molecule has 5 unspecified atom stereocenters. The van der Waals surface area contributed by atoms with Crippen molar-refractivity contribution in [1.82, 2.24) is 0 Å². The van der Waals surface area contributed by atoms with Gasteiger partial charge in [0.05, 0.1) is 136 Å². The van der Waals surface area contributed by atoms with E-state index in [9.17, 15) is 179 Å². The van der Waals surface area contributed by atoms with Crippen LogP contribution >= 0.6 is 0 Å². The van der Waals surface area contributed by atoms with Crippen LogP contribution in [0.25, 0.3) is 0 Å². The standard InChI is InChI=1S/C18H20BF3O7S.C17H18BF3O7S.C15H16BF3O7S.C14H14BF3O7S.C13H12BF3O7S/c19-9-11-6-7-13(14(8-11)28-16(23)12-4-2-1-3-5-12)17(24)29-15(18(20,21)22)10-30(25,26)27;18-8-10-5-6-12(13(7-10)27-15(22)11-3-1-2-4-11)16(23)28-14(17(19,20)21)9-29(24,25)26;1-8(2)13(20)25-11-5-9(6-16)3-4-10(11)14(21)26-12(15(17,18)19)7-27(22,23)24;1-2-12(19)24-10-5-8(6-15)3-4-9(10)13(20)25-11(14(16,17)18)7-26(21,22)23;1-7(18)23-10-4-8(5-14)2-3-9(10)12(19)24-11(13(15,16)17)6-25(20,21)22/h6-8,12,15H,1-5,9-10H2,(H,25,26,27);5-7,11,14H,1-4,8-9H2,(H,24,25,26);3-5,8,12H,6-7H2,1-2H3,(H,22,23,24);3-5,11H,2,6-7H2,1H3,(H,21,22,23);2-4,11H,5-6H2,1H3,(H,20,21,22)/p-5. The lowest BCUT2D eigenvalue weighted by atomic mass is 9.89. The van der Waals surface area contributed by atoms with Gasteiger partial charge in [-0.2, -0.15) is 65.9 Å². The summed E-state index contributed by atoms with van der Waals surface area (Å²) in [4.78, 5) is 120. The molecule has 5 atom stereocenters. The summed E-state index contributed by atoms with van der Waals surface area (Å²) < 4.78 is 399. The molecule has 2 aliphatic carbocycles. The third kappa shape index (κ3) is 44.1. The van der Waals surface area contributed by atoms with Crippen molar-refractivity contribution in [2.75, 3.05) is 28.8 Å². The molecule has 0 aromatic heterocycles. The molecule has 2 aliphatic rings. The van der Waals surface area contributed by atoms with Crippen molar-refractivity contribution in [1.29, 1.82) is 0 Å². The van der Waals surface area contributed by atoms with E-state index in [1.165, 1.54) is 69.3 Å². The lowest BCUT2D eigenvalue weighted by Crippen LogP contribution is -2.39. The number of carbonyl (C=O) groups excluding carboxylic acids is 10. The first-order chi connectivity index (χ1) is 62.7. The summed E-state index contributed by atoms with van der Waals surface area (Å²) in [7, 11) is 0.581. The number of hydrogen-bond donors (Lipinski definition) is 0. The number of carbonyl (C=O) groups is 10. The van der Waals surface area contributed by atoms with Gasteiger partial charge in [-0.3, -0.25) is 24.0 Å². The molecule has 60 heteroatoms. The number of ether oxygens (including phenoxy) is 10. The zero-order chi connectivity index (χ0) is 105. The van der Waals surface area contributed by atoms with Crippen LogP contribution in [0.2, 0.25) is 0 Å². The number of esters is 10. The molecule has 2 fully saturated rings. The zero-order valence-electron chi connectivity index (χ0n) is 71.3. The Hall–Kier alpha value is -10.4. The maximum atomic E-state index is 13.0. The van der Waals surface area contributed by atoms with Crippen molar-refractivity contribution >= 4 is 150 Å². The van der Waals surface area contributed by atoms with Crippen molar-refractivity contribution in [2.24, 2.45) is 17.8 Å². The first kappa shape index (κ1) is 121. The van der Waals surface area contributed by atoms with Crippen molar-refractivity contribution in [3.63, 3.8) is 0 Å². The van der Waals surface area contributed by atoms with Crippen LogP contribution in [0.5, 0.6) is 28.7 Å². The van der Waals surface area contributed by atoms with Gasteiger partial charge >= 0.3 is 90.6 Å². The summed E-state index contributed by atoms with van der Waals surface area (Å²) in [6, 6.07) is 17.6. The van der Waals surface area contributed by atoms with Crippen molar-refractivity contribution in [3.8, 4) is 28.7 Å². The topological polar surface area (TPSA) is 549 Å². The SMILES string of the molecule is [B]Cc1ccc(C(=O)OC(CS(=O)(=O)[O-])C(F)(F)F)c(OC(=O)C(C)C)c1.[B]Cc1ccc(C(=O)OC(CS(=O)(=O)[O-])C(F)(F)F)c(OC(=O)C2CCCC2)c1.[B]Cc1ccc(C(=O)OC(CS(=O)(=O)[O-])C(F)(F)F)c(OC(=O)C2CCCCC2)c1.[B]Cc1ccc(C(=O)OC(CS(=O)(=O)[O-])C(F)(F)F)c(OC(=O)CC)c1.[B]Cc1ccc(C(=O)OC(CS(=O)(=O)[O-])C(F)(F)F)c(OC(C)=O)c1. The van der Waals surface area contributed by atoms with Gasteiger partial charge in [-0.1, -0.05) is 143 Å². The van der Waals surface area contributed by atoms with Crippen molar-refractivity contribution in [3.05, 3.63) is 147 Å². The molecule has 2 saturated carbocycles. The molecule has 5 aromatic carbocycles. The molecule has 0 heterocycles. The van der Waals surface area contributed by atoms with Crippen LogP contribution in [-0.2, 0) is 130 Å². The van der Waals surface area contributed by atoms with Crippen LogP contribution in [-0.4, -0.2) is 254 Å². The van der Waals surface area contributed by atoms with E-state index >= 15 is 0 Å².